The maximum absolute atomic E-state index is 11.2. The van der Waals surface area contributed by atoms with Gasteiger partial charge in [-0.2, -0.15) is 0 Å². The van der Waals surface area contributed by atoms with E-state index in [-0.39, 0.29) is 17.5 Å². The van der Waals surface area contributed by atoms with E-state index >= 15 is 0 Å². The standard InChI is InChI=1S/C15H21NO4/c1-10(12-9-11(17)3-4-13(12)18)16-7-5-15(2,6-8-16)14(19)20/h3-4,9-10,17-18H,5-8H2,1-2H3,(H,19,20). The van der Waals surface area contributed by atoms with Gasteiger partial charge in [0.25, 0.3) is 0 Å². The minimum atomic E-state index is -0.745. The van der Waals surface area contributed by atoms with Gasteiger partial charge in [-0.05, 0) is 58.0 Å². The van der Waals surface area contributed by atoms with Crippen LogP contribution in [-0.4, -0.2) is 39.3 Å². The number of hydrogen-bond donors (Lipinski definition) is 3. The maximum Gasteiger partial charge on any atom is 0.309 e. The molecule has 1 atom stereocenters. The summed E-state index contributed by atoms with van der Waals surface area (Å²) >= 11 is 0. The van der Waals surface area contributed by atoms with Gasteiger partial charge < -0.3 is 15.3 Å². The van der Waals surface area contributed by atoms with Crippen molar-refractivity contribution < 1.29 is 20.1 Å². The Kier molecular flexibility index (Phi) is 3.90. The normalized spacial score (nSPS) is 20.5. The minimum Gasteiger partial charge on any atom is -0.508 e. The number of likely N-dealkylation sites (tertiary alicyclic amines) is 1. The number of carbonyl (C=O) groups is 1. The van der Waals surface area contributed by atoms with Crippen molar-refractivity contribution in [1.82, 2.24) is 4.90 Å². The van der Waals surface area contributed by atoms with Crippen molar-refractivity contribution in [3.05, 3.63) is 23.8 Å². The SMILES string of the molecule is CC(c1cc(O)ccc1O)N1CCC(C)(C(=O)O)CC1. The maximum atomic E-state index is 11.2. The molecule has 0 radical (unpaired) electrons. The second-order valence-electron chi connectivity index (χ2n) is 5.82. The van der Waals surface area contributed by atoms with E-state index < -0.39 is 11.4 Å². The van der Waals surface area contributed by atoms with E-state index in [2.05, 4.69) is 4.90 Å². The van der Waals surface area contributed by atoms with Gasteiger partial charge in [0.2, 0.25) is 0 Å². The molecule has 5 nitrogen and oxygen atoms in total. The fourth-order valence-electron chi connectivity index (χ4n) is 2.69. The van der Waals surface area contributed by atoms with Crippen molar-refractivity contribution >= 4 is 5.97 Å². The first-order chi connectivity index (χ1) is 9.33. The summed E-state index contributed by atoms with van der Waals surface area (Å²) in [6.07, 6.45) is 1.18. The van der Waals surface area contributed by atoms with E-state index in [1.54, 1.807) is 13.0 Å². The molecule has 2 rings (SSSR count). The zero-order valence-electron chi connectivity index (χ0n) is 11.8. The quantitative estimate of drug-likeness (QED) is 0.740. The number of aliphatic carboxylic acids is 1. The van der Waals surface area contributed by atoms with Crippen LogP contribution in [0.5, 0.6) is 11.5 Å². The molecule has 0 saturated carbocycles. The fourth-order valence-corrected chi connectivity index (χ4v) is 2.69. The number of nitrogens with zero attached hydrogens (tertiary/aromatic N) is 1. The molecule has 1 heterocycles. The van der Waals surface area contributed by atoms with Crippen LogP contribution >= 0.6 is 0 Å². The molecule has 3 N–H and O–H groups in total. The average molecular weight is 279 g/mol. The molecular formula is C15H21NO4. The van der Waals surface area contributed by atoms with Crippen LogP contribution in [0.4, 0.5) is 0 Å². The number of aromatic hydroxyl groups is 2. The summed E-state index contributed by atoms with van der Waals surface area (Å²) in [6, 6.07) is 4.43. The molecule has 110 valence electrons. The van der Waals surface area contributed by atoms with Gasteiger partial charge in [-0.15, -0.1) is 0 Å². The van der Waals surface area contributed by atoms with Crippen LogP contribution in [0.1, 0.15) is 38.3 Å². The Morgan fingerprint density at radius 2 is 1.90 bits per heavy atom. The Morgan fingerprint density at radius 3 is 2.45 bits per heavy atom. The van der Waals surface area contributed by atoms with E-state index in [0.29, 0.717) is 31.5 Å². The molecule has 5 heteroatoms. The smallest absolute Gasteiger partial charge is 0.309 e. The molecule has 0 aliphatic carbocycles. The molecule has 1 fully saturated rings. The second-order valence-corrected chi connectivity index (χ2v) is 5.82. The Labute approximate surface area is 118 Å². The summed E-state index contributed by atoms with van der Waals surface area (Å²) in [5, 5.41) is 28.7. The number of rotatable bonds is 3. The van der Waals surface area contributed by atoms with E-state index in [1.807, 2.05) is 6.92 Å². The lowest BCUT2D eigenvalue weighted by atomic mass is 9.80. The summed E-state index contributed by atoms with van der Waals surface area (Å²) in [5.41, 5.74) is 0.0146. The van der Waals surface area contributed by atoms with Crippen LogP contribution in [0.25, 0.3) is 0 Å². The topological polar surface area (TPSA) is 81.0 Å². The minimum absolute atomic E-state index is 0.0551. The van der Waals surface area contributed by atoms with Gasteiger partial charge in [0.15, 0.2) is 0 Å². The highest BCUT2D eigenvalue weighted by atomic mass is 16.4. The van der Waals surface area contributed by atoms with Gasteiger partial charge in [0.1, 0.15) is 11.5 Å². The van der Waals surface area contributed by atoms with Crippen LogP contribution in [0, 0.1) is 5.41 Å². The summed E-state index contributed by atoms with van der Waals surface area (Å²) in [4.78, 5) is 13.4. The number of carboxylic acid groups (broad SMARTS) is 1. The van der Waals surface area contributed by atoms with E-state index in [0.717, 1.165) is 0 Å². The lowest BCUT2D eigenvalue weighted by Crippen LogP contribution is -2.43. The van der Waals surface area contributed by atoms with Crippen molar-refractivity contribution in [3.8, 4) is 11.5 Å². The van der Waals surface area contributed by atoms with Crippen molar-refractivity contribution in [2.75, 3.05) is 13.1 Å². The summed E-state index contributed by atoms with van der Waals surface area (Å²) < 4.78 is 0. The monoisotopic (exact) mass is 279 g/mol. The van der Waals surface area contributed by atoms with Crippen molar-refractivity contribution in [2.24, 2.45) is 5.41 Å². The van der Waals surface area contributed by atoms with Crippen molar-refractivity contribution in [1.29, 1.82) is 0 Å². The molecular weight excluding hydrogens is 258 g/mol. The third kappa shape index (κ3) is 2.72. The largest absolute Gasteiger partial charge is 0.508 e. The Balaban J connectivity index is 2.10. The lowest BCUT2D eigenvalue weighted by Gasteiger charge is -2.39. The van der Waals surface area contributed by atoms with Crippen molar-refractivity contribution in [2.45, 2.75) is 32.7 Å². The predicted molar refractivity (Wildman–Crippen MR) is 74.7 cm³/mol. The van der Waals surface area contributed by atoms with Gasteiger partial charge in [0.05, 0.1) is 5.41 Å². The number of benzene rings is 1. The van der Waals surface area contributed by atoms with Crippen molar-refractivity contribution in [3.63, 3.8) is 0 Å². The van der Waals surface area contributed by atoms with Crippen LogP contribution in [0.3, 0.4) is 0 Å². The molecule has 1 aromatic rings. The third-order valence-electron chi connectivity index (χ3n) is 4.43. The third-order valence-corrected chi connectivity index (χ3v) is 4.43. The summed E-state index contributed by atoms with van der Waals surface area (Å²) in [5.74, 6) is -0.469. The van der Waals surface area contributed by atoms with Gasteiger partial charge in [-0.25, -0.2) is 0 Å². The first-order valence-electron chi connectivity index (χ1n) is 6.83. The van der Waals surface area contributed by atoms with Gasteiger partial charge in [-0.1, -0.05) is 0 Å². The van der Waals surface area contributed by atoms with Crippen LogP contribution < -0.4 is 0 Å². The van der Waals surface area contributed by atoms with Crippen LogP contribution in [0.15, 0.2) is 18.2 Å². The Morgan fingerprint density at radius 1 is 1.30 bits per heavy atom. The molecule has 0 spiro atoms. The van der Waals surface area contributed by atoms with E-state index in [4.69, 9.17) is 0 Å². The van der Waals surface area contributed by atoms with Gasteiger partial charge >= 0.3 is 5.97 Å². The number of piperidine rings is 1. The molecule has 0 bridgehead atoms. The molecule has 1 saturated heterocycles. The van der Waals surface area contributed by atoms with E-state index in [9.17, 15) is 20.1 Å². The Hall–Kier alpha value is -1.75. The number of carboxylic acids is 1. The molecule has 1 aromatic carbocycles. The zero-order valence-corrected chi connectivity index (χ0v) is 11.8. The van der Waals surface area contributed by atoms with Gasteiger partial charge in [0, 0.05) is 11.6 Å². The number of hydrogen-bond acceptors (Lipinski definition) is 4. The zero-order chi connectivity index (χ0) is 14.9. The van der Waals surface area contributed by atoms with Crippen LogP contribution in [-0.2, 0) is 4.79 Å². The highest BCUT2D eigenvalue weighted by Gasteiger charge is 2.38. The van der Waals surface area contributed by atoms with Crippen LogP contribution in [0.2, 0.25) is 0 Å². The highest BCUT2D eigenvalue weighted by molar-refractivity contribution is 5.74. The number of phenols is 2. The molecule has 0 amide bonds. The first-order valence-corrected chi connectivity index (χ1v) is 6.83. The average Bonchev–Trinajstić information content (AvgIpc) is 2.41. The highest BCUT2D eigenvalue weighted by Crippen LogP contribution is 2.37. The molecule has 1 aliphatic heterocycles. The predicted octanol–water partition coefficient (Wildman–Crippen LogP) is 2.35. The number of phenolic OH excluding ortho intramolecular Hbond substituents is 2. The molecule has 1 aliphatic rings. The molecule has 1 unspecified atom stereocenters. The first kappa shape index (κ1) is 14.7. The summed E-state index contributed by atoms with van der Waals surface area (Å²) in [7, 11) is 0. The van der Waals surface area contributed by atoms with Gasteiger partial charge in [-0.3, -0.25) is 9.69 Å². The Bertz CT molecular complexity index is 507. The lowest BCUT2D eigenvalue weighted by molar-refractivity contribution is -0.151. The second kappa shape index (κ2) is 5.32. The summed E-state index contributed by atoms with van der Waals surface area (Å²) in [6.45, 7) is 5.07. The fraction of sp³-hybridized carbons (Fsp3) is 0.533. The molecule has 20 heavy (non-hydrogen) atoms. The molecule has 0 aromatic heterocycles. The van der Waals surface area contributed by atoms with E-state index in [1.165, 1.54) is 12.1 Å².